The smallest absolute Gasteiger partial charge is 0.328 e. The number of thiol groups is 1. The van der Waals surface area contributed by atoms with Crippen LogP contribution in [-0.2, 0) is 19.2 Å². The number of likely N-dealkylation sites (tertiary alicyclic amines) is 1. The molecule has 10 nitrogen and oxygen atoms in total. The highest BCUT2D eigenvalue weighted by atomic mass is 32.1. The third-order valence-corrected chi connectivity index (χ3v) is 5.34. The number of amides is 3. The molecule has 28 heavy (non-hydrogen) atoms. The van der Waals surface area contributed by atoms with Gasteiger partial charge in [-0.25, -0.2) is 4.79 Å². The first-order chi connectivity index (χ1) is 13.2. The van der Waals surface area contributed by atoms with E-state index in [9.17, 15) is 19.2 Å². The standard InChI is InChI=1S/C17H30N4O6S/c1-3-9(2)13(20-14(23)10(18)8-28)16(25)21-6-4-5-12(21)15(24)19-11(7-22)17(26)27/h9-13,22,28H,3-8,18H2,1-2H3,(H,19,24)(H,20,23)(H,26,27). The van der Waals surface area contributed by atoms with Gasteiger partial charge in [0.25, 0.3) is 0 Å². The third-order valence-electron chi connectivity index (χ3n) is 4.95. The van der Waals surface area contributed by atoms with Crippen molar-refractivity contribution >= 4 is 36.3 Å². The van der Waals surface area contributed by atoms with E-state index in [2.05, 4.69) is 23.3 Å². The summed E-state index contributed by atoms with van der Waals surface area (Å²) < 4.78 is 0. The van der Waals surface area contributed by atoms with Gasteiger partial charge < -0.3 is 31.5 Å². The minimum Gasteiger partial charge on any atom is -0.480 e. The number of carbonyl (C=O) groups excluding carboxylic acids is 3. The van der Waals surface area contributed by atoms with E-state index in [1.165, 1.54) is 4.90 Å². The zero-order valence-electron chi connectivity index (χ0n) is 16.1. The Bertz CT molecular complexity index is 590. The summed E-state index contributed by atoms with van der Waals surface area (Å²) in [5, 5.41) is 23.0. The van der Waals surface area contributed by atoms with Gasteiger partial charge in [0.15, 0.2) is 0 Å². The molecular formula is C17H30N4O6S. The first kappa shape index (κ1) is 24.2. The highest BCUT2D eigenvalue weighted by molar-refractivity contribution is 7.80. The Kier molecular flexibility index (Phi) is 9.70. The van der Waals surface area contributed by atoms with Crippen LogP contribution in [0, 0.1) is 5.92 Å². The number of carbonyl (C=O) groups is 4. The summed E-state index contributed by atoms with van der Waals surface area (Å²) in [6.45, 7) is 3.25. The van der Waals surface area contributed by atoms with E-state index >= 15 is 0 Å². The van der Waals surface area contributed by atoms with Crippen LogP contribution < -0.4 is 16.4 Å². The van der Waals surface area contributed by atoms with Gasteiger partial charge in [-0.3, -0.25) is 14.4 Å². The van der Waals surface area contributed by atoms with Gasteiger partial charge in [-0.2, -0.15) is 12.6 Å². The molecule has 5 atom stereocenters. The predicted octanol–water partition coefficient (Wildman–Crippen LogP) is -1.67. The molecule has 11 heteroatoms. The molecule has 0 bridgehead atoms. The van der Waals surface area contributed by atoms with Gasteiger partial charge in [-0.05, 0) is 18.8 Å². The van der Waals surface area contributed by atoms with Crippen molar-refractivity contribution in [2.45, 2.75) is 57.3 Å². The average Bonchev–Trinajstić information content (AvgIpc) is 3.17. The highest BCUT2D eigenvalue weighted by Crippen LogP contribution is 2.21. The van der Waals surface area contributed by atoms with Crippen LogP contribution in [0.4, 0.5) is 0 Å². The third kappa shape index (κ3) is 6.08. The number of nitrogens with zero attached hydrogens (tertiary/aromatic N) is 1. The molecule has 160 valence electrons. The summed E-state index contributed by atoms with van der Waals surface area (Å²) in [6.07, 6.45) is 1.55. The number of nitrogens with one attached hydrogen (secondary N) is 2. The molecule has 0 aromatic carbocycles. The summed E-state index contributed by atoms with van der Waals surface area (Å²) in [7, 11) is 0. The lowest BCUT2D eigenvalue weighted by atomic mass is 9.97. The molecule has 0 aromatic rings. The number of hydrogen-bond donors (Lipinski definition) is 6. The summed E-state index contributed by atoms with van der Waals surface area (Å²) >= 11 is 3.99. The normalized spacial score (nSPS) is 20.8. The van der Waals surface area contributed by atoms with Gasteiger partial charge in [0.1, 0.15) is 18.1 Å². The molecule has 3 amide bonds. The number of aliphatic hydroxyl groups is 1. The number of rotatable bonds is 10. The molecule has 0 saturated carbocycles. The Hall–Kier alpha value is -1.85. The molecule has 0 radical (unpaired) electrons. The topological polar surface area (TPSA) is 162 Å². The maximum Gasteiger partial charge on any atom is 0.328 e. The van der Waals surface area contributed by atoms with Crippen LogP contribution in [0.2, 0.25) is 0 Å². The Morgan fingerprint density at radius 1 is 1.29 bits per heavy atom. The van der Waals surface area contributed by atoms with Crippen LogP contribution in [-0.4, -0.2) is 81.9 Å². The summed E-state index contributed by atoms with van der Waals surface area (Å²) in [6, 6.07) is -4.02. The molecule has 0 aliphatic carbocycles. The minimum absolute atomic E-state index is 0.125. The molecule has 6 N–H and O–H groups in total. The fraction of sp³-hybridized carbons (Fsp3) is 0.765. The Balaban J connectivity index is 2.95. The molecule has 1 aliphatic heterocycles. The van der Waals surface area contributed by atoms with Crippen LogP contribution >= 0.6 is 12.6 Å². The monoisotopic (exact) mass is 418 g/mol. The largest absolute Gasteiger partial charge is 0.480 e. The maximum atomic E-state index is 13.1. The molecule has 0 aromatic heterocycles. The lowest BCUT2D eigenvalue weighted by Crippen LogP contribution is -2.58. The lowest BCUT2D eigenvalue weighted by molar-refractivity contribution is -0.146. The van der Waals surface area contributed by atoms with Crippen molar-refractivity contribution in [2.75, 3.05) is 18.9 Å². The van der Waals surface area contributed by atoms with Crippen LogP contribution in [0.25, 0.3) is 0 Å². The van der Waals surface area contributed by atoms with E-state index in [0.717, 1.165) is 0 Å². The summed E-state index contributed by atoms with van der Waals surface area (Å²) in [5.74, 6) is -3.00. The molecule has 1 rings (SSSR count). The van der Waals surface area contributed by atoms with Gasteiger partial charge in [-0.15, -0.1) is 0 Å². The molecule has 1 saturated heterocycles. The van der Waals surface area contributed by atoms with E-state index in [4.69, 9.17) is 15.9 Å². The SMILES string of the molecule is CCC(C)C(NC(=O)C(N)CS)C(=O)N1CCCC1C(=O)NC(CO)C(=O)O. The number of carboxylic acid groups (broad SMARTS) is 1. The number of aliphatic hydroxyl groups excluding tert-OH is 1. The van der Waals surface area contributed by atoms with E-state index in [0.29, 0.717) is 25.8 Å². The molecule has 0 spiro atoms. The molecule has 1 aliphatic rings. The van der Waals surface area contributed by atoms with Gasteiger partial charge >= 0.3 is 5.97 Å². The summed E-state index contributed by atoms with van der Waals surface area (Å²) in [4.78, 5) is 50.1. The zero-order chi connectivity index (χ0) is 21.4. The minimum atomic E-state index is -1.44. The second kappa shape index (κ2) is 11.2. The Morgan fingerprint density at radius 3 is 2.43 bits per heavy atom. The van der Waals surface area contributed by atoms with E-state index in [1.54, 1.807) is 0 Å². The quantitative estimate of drug-likeness (QED) is 0.231. The lowest BCUT2D eigenvalue weighted by Gasteiger charge is -2.32. The van der Waals surface area contributed by atoms with Crippen molar-refractivity contribution in [3.8, 4) is 0 Å². The van der Waals surface area contributed by atoms with Gasteiger partial charge in [0, 0.05) is 12.3 Å². The second-order valence-corrected chi connectivity index (χ2v) is 7.30. The fourth-order valence-corrected chi connectivity index (χ4v) is 3.13. The predicted molar refractivity (Wildman–Crippen MR) is 105 cm³/mol. The van der Waals surface area contributed by atoms with Gasteiger partial charge in [0.2, 0.25) is 17.7 Å². The van der Waals surface area contributed by atoms with E-state index in [1.807, 2.05) is 13.8 Å². The second-order valence-electron chi connectivity index (χ2n) is 6.93. The van der Waals surface area contributed by atoms with Crippen molar-refractivity contribution in [3.05, 3.63) is 0 Å². The zero-order valence-corrected chi connectivity index (χ0v) is 17.0. The number of carboxylic acids is 1. The molecule has 5 unspecified atom stereocenters. The van der Waals surface area contributed by atoms with Crippen LogP contribution in [0.15, 0.2) is 0 Å². The van der Waals surface area contributed by atoms with Crippen molar-refractivity contribution in [1.29, 1.82) is 0 Å². The van der Waals surface area contributed by atoms with E-state index in [-0.39, 0.29) is 11.7 Å². The Labute approximate surface area is 169 Å². The van der Waals surface area contributed by atoms with Gasteiger partial charge in [0.05, 0.1) is 12.6 Å². The average molecular weight is 419 g/mol. The number of hydrogen-bond acceptors (Lipinski definition) is 7. The van der Waals surface area contributed by atoms with Gasteiger partial charge in [-0.1, -0.05) is 20.3 Å². The molecular weight excluding hydrogens is 388 g/mol. The Morgan fingerprint density at radius 2 is 1.93 bits per heavy atom. The van der Waals surface area contributed by atoms with Crippen LogP contribution in [0.3, 0.4) is 0 Å². The molecule has 1 fully saturated rings. The first-order valence-corrected chi connectivity index (χ1v) is 9.92. The van der Waals surface area contributed by atoms with Crippen LogP contribution in [0.5, 0.6) is 0 Å². The fourth-order valence-electron chi connectivity index (χ4n) is 2.96. The highest BCUT2D eigenvalue weighted by Gasteiger charge is 2.40. The first-order valence-electron chi connectivity index (χ1n) is 9.29. The number of aliphatic carboxylic acids is 1. The van der Waals surface area contributed by atoms with Crippen LogP contribution in [0.1, 0.15) is 33.1 Å². The van der Waals surface area contributed by atoms with E-state index < -0.39 is 54.5 Å². The van der Waals surface area contributed by atoms with Crippen molar-refractivity contribution in [2.24, 2.45) is 11.7 Å². The molecule has 1 heterocycles. The van der Waals surface area contributed by atoms with Crippen molar-refractivity contribution in [1.82, 2.24) is 15.5 Å². The summed E-state index contributed by atoms with van der Waals surface area (Å²) in [5.41, 5.74) is 5.68. The maximum absolute atomic E-state index is 13.1. The van der Waals surface area contributed by atoms with Crippen molar-refractivity contribution in [3.63, 3.8) is 0 Å². The van der Waals surface area contributed by atoms with Crippen molar-refractivity contribution < 1.29 is 29.4 Å². The number of nitrogens with two attached hydrogens (primary N) is 1.